The molecule has 2 heteroatoms. The number of benzene rings is 1. The lowest BCUT2D eigenvalue weighted by Gasteiger charge is -2.20. The second kappa shape index (κ2) is 7.31. The van der Waals surface area contributed by atoms with Crippen molar-refractivity contribution in [3.63, 3.8) is 0 Å². The predicted octanol–water partition coefficient (Wildman–Crippen LogP) is 3.13. The molecule has 1 aromatic rings. The first kappa shape index (κ1) is 16.4. The summed E-state index contributed by atoms with van der Waals surface area (Å²) < 4.78 is 5.96. The van der Waals surface area contributed by atoms with Gasteiger partial charge < -0.3 is 9.64 Å². The predicted molar refractivity (Wildman–Crippen MR) is 89.4 cm³/mol. The first-order valence-corrected chi connectivity index (χ1v) is 8.54. The molecule has 1 aromatic carbocycles. The molecule has 118 valence electrons. The molecule has 21 heavy (non-hydrogen) atoms. The van der Waals surface area contributed by atoms with Crippen LogP contribution in [0, 0.1) is 6.92 Å². The van der Waals surface area contributed by atoms with Gasteiger partial charge in [-0.1, -0.05) is 32.9 Å². The molecule has 0 spiro atoms. The van der Waals surface area contributed by atoms with E-state index in [4.69, 9.17) is 4.74 Å². The van der Waals surface area contributed by atoms with Gasteiger partial charge in [0, 0.05) is 12.8 Å². The summed E-state index contributed by atoms with van der Waals surface area (Å²) in [6.07, 6.45) is 5.30. The second-order valence-electron chi connectivity index (χ2n) is 7.49. The molecular formula is C19H32NO+. The quantitative estimate of drug-likeness (QED) is 0.795. The van der Waals surface area contributed by atoms with E-state index in [1.165, 1.54) is 56.4 Å². The number of quaternary nitrogens is 1. The van der Waals surface area contributed by atoms with Gasteiger partial charge in [0.25, 0.3) is 0 Å². The third-order valence-corrected chi connectivity index (χ3v) is 4.53. The zero-order valence-corrected chi connectivity index (χ0v) is 14.3. The number of hydrogen-bond acceptors (Lipinski definition) is 1. The summed E-state index contributed by atoms with van der Waals surface area (Å²) in [6.45, 7) is 13.9. The molecule has 1 aliphatic rings. The third kappa shape index (κ3) is 5.03. The van der Waals surface area contributed by atoms with Gasteiger partial charge in [-0.05, 0) is 42.4 Å². The highest BCUT2D eigenvalue weighted by molar-refractivity contribution is 5.38. The third-order valence-electron chi connectivity index (χ3n) is 4.53. The molecule has 2 rings (SSSR count). The van der Waals surface area contributed by atoms with E-state index < -0.39 is 0 Å². The largest absolute Gasteiger partial charge is 0.493 e. The summed E-state index contributed by atoms with van der Waals surface area (Å²) in [7, 11) is 0. The van der Waals surface area contributed by atoms with Crippen LogP contribution < -0.4 is 9.64 Å². The van der Waals surface area contributed by atoms with Crippen LogP contribution in [-0.4, -0.2) is 26.2 Å². The first-order valence-electron chi connectivity index (χ1n) is 8.54. The van der Waals surface area contributed by atoms with Gasteiger partial charge in [-0.25, -0.2) is 0 Å². The Morgan fingerprint density at radius 1 is 1.10 bits per heavy atom. The van der Waals surface area contributed by atoms with Crippen LogP contribution in [0.15, 0.2) is 18.2 Å². The van der Waals surface area contributed by atoms with E-state index in [2.05, 4.69) is 45.9 Å². The molecule has 1 heterocycles. The fourth-order valence-electron chi connectivity index (χ4n) is 3.06. The summed E-state index contributed by atoms with van der Waals surface area (Å²) in [6, 6.07) is 6.61. The van der Waals surface area contributed by atoms with Crippen molar-refractivity contribution in [2.24, 2.45) is 0 Å². The highest BCUT2D eigenvalue weighted by atomic mass is 16.5. The van der Waals surface area contributed by atoms with Gasteiger partial charge in [-0.3, -0.25) is 0 Å². The lowest BCUT2D eigenvalue weighted by Crippen LogP contribution is -3.09. The Balaban J connectivity index is 1.73. The number of rotatable bonds is 6. The van der Waals surface area contributed by atoms with Crippen LogP contribution in [0.3, 0.4) is 0 Å². The molecule has 0 aliphatic carbocycles. The number of hydrogen-bond donors (Lipinski definition) is 1. The molecule has 0 amide bonds. The Labute approximate surface area is 130 Å². The van der Waals surface area contributed by atoms with Crippen molar-refractivity contribution in [2.75, 3.05) is 26.2 Å². The molecule has 1 aliphatic heterocycles. The Bertz CT molecular complexity index is 441. The molecule has 2 nitrogen and oxygen atoms in total. The fourth-order valence-corrected chi connectivity index (χ4v) is 3.06. The summed E-state index contributed by atoms with van der Waals surface area (Å²) >= 11 is 0. The normalized spacial score (nSPS) is 16.4. The SMILES string of the molecule is Cc1cc(C(C)(C)C)ccc1OCCCC[NH+]1CCCC1. The molecule has 0 atom stereocenters. The Morgan fingerprint density at radius 3 is 2.43 bits per heavy atom. The highest BCUT2D eigenvalue weighted by Crippen LogP contribution is 2.27. The topological polar surface area (TPSA) is 13.7 Å². The average molecular weight is 290 g/mol. The zero-order chi connectivity index (χ0) is 15.3. The summed E-state index contributed by atoms with van der Waals surface area (Å²) in [5, 5.41) is 0. The van der Waals surface area contributed by atoms with Crippen molar-refractivity contribution in [1.29, 1.82) is 0 Å². The molecule has 1 fully saturated rings. The molecule has 0 aromatic heterocycles. The van der Waals surface area contributed by atoms with Crippen molar-refractivity contribution < 1.29 is 9.64 Å². The van der Waals surface area contributed by atoms with Gasteiger partial charge >= 0.3 is 0 Å². The van der Waals surface area contributed by atoms with E-state index in [0.717, 1.165) is 12.4 Å². The average Bonchev–Trinajstić information content (AvgIpc) is 2.92. The van der Waals surface area contributed by atoms with Crippen molar-refractivity contribution in [3.8, 4) is 5.75 Å². The van der Waals surface area contributed by atoms with Crippen molar-refractivity contribution in [3.05, 3.63) is 29.3 Å². The molecule has 0 bridgehead atoms. The van der Waals surface area contributed by atoms with Gasteiger partial charge in [-0.15, -0.1) is 0 Å². The molecular weight excluding hydrogens is 258 g/mol. The number of ether oxygens (including phenoxy) is 1. The van der Waals surface area contributed by atoms with Crippen molar-refractivity contribution in [2.45, 2.75) is 58.8 Å². The summed E-state index contributed by atoms with van der Waals surface area (Å²) in [5.74, 6) is 1.05. The number of nitrogens with one attached hydrogen (secondary N) is 1. The zero-order valence-electron chi connectivity index (χ0n) is 14.3. The molecule has 1 saturated heterocycles. The van der Waals surface area contributed by atoms with E-state index in [9.17, 15) is 0 Å². The van der Waals surface area contributed by atoms with Gasteiger partial charge in [0.15, 0.2) is 0 Å². The van der Waals surface area contributed by atoms with Gasteiger partial charge in [0.2, 0.25) is 0 Å². The molecule has 0 radical (unpaired) electrons. The highest BCUT2D eigenvalue weighted by Gasteiger charge is 2.15. The smallest absolute Gasteiger partial charge is 0.122 e. The van der Waals surface area contributed by atoms with Crippen LogP contribution in [0.25, 0.3) is 0 Å². The van der Waals surface area contributed by atoms with Crippen LogP contribution in [0.1, 0.15) is 57.6 Å². The number of likely N-dealkylation sites (tertiary alicyclic amines) is 1. The lowest BCUT2D eigenvalue weighted by atomic mass is 9.86. The number of unbranched alkanes of at least 4 members (excludes halogenated alkanes) is 1. The van der Waals surface area contributed by atoms with Crippen LogP contribution in [0.2, 0.25) is 0 Å². The maximum absolute atomic E-state index is 5.96. The van der Waals surface area contributed by atoms with Gasteiger partial charge in [0.1, 0.15) is 5.75 Å². The van der Waals surface area contributed by atoms with E-state index in [1.807, 2.05) is 0 Å². The van der Waals surface area contributed by atoms with Crippen LogP contribution in [0.5, 0.6) is 5.75 Å². The van der Waals surface area contributed by atoms with E-state index in [0.29, 0.717) is 0 Å². The maximum atomic E-state index is 5.96. The fraction of sp³-hybridized carbons (Fsp3) is 0.684. The summed E-state index contributed by atoms with van der Waals surface area (Å²) in [5.41, 5.74) is 2.85. The first-order chi connectivity index (χ1) is 9.97. The second-order valence-corrected chi connectivity index (χ2v) is 7.49. The monoisotopic (exact) mass is 290 g/mol. The van der Waals surface area contributed by atoms with Gasteiger partial charge in [0.05, 0.1) is 26.2 Å². The Morgan fingerprint density at radius 2 is 1.81 bits per heavy atom. The van der Waals surface area contributed by atoms with E-state index in [-0.39, 0.29) is 5.41 Å². The van der Waals surface area contributed by atoms with Crippen molar-refractivity contribution >= 4 is 0 Å². The lowest BCUT2D eigenvalue weighted by molar-refractivity contribution is -0.887. The molecule has 0 saturated carbocycles. The maximum Gasteiger partial charge on any atom is 0.122 e. The summed E-state index contributed by atoms with van der Waals surface area (Å²) in [4.78, 5) is 1.79. The Kier molecular flexibility index (Phi) is 5.69. The standard InChI is InChI=1S/C19H31NO/c1-16-15-17(19(2,3)4)9-10-18(16)21-14-8-7-13-20-11-5-6-12-20/h9-10,15H,5-8,11-14H2,1-4H3/p+1. The minimum Gasteiger partial charge on any atom is -0.493 e. The van der Waals surface area contributed by atoms with Gasteiger partial charge in [-0.2, -0.15) is 0 Å². The van der Waals surface area contributed by atoms with E-state index >= 15 is 0 Å². The number of aryl methyl sites for hydroxylation is 1. The minimum atomic E-state index is 0.210. The molecule has 0 unspecified atom stereocenters. The Hall–Kier alpha value is -1.02. The van der Waals surface area contributed by atoms with Crippen LogP contribution in [-0.2, 0) is 5.41 Å². The van der Waals surface area contributed by atoms with E-state index in [1.54, 1.807) is 4.90 Å². The molecule has 1 N–H and O–H groups in total. The van der Waals surface area contributed by atoms with Crippen LogP contribution >= 0.6 is 0 Å². The van der Waals surface area contributed by atoms with Crippen LogP contribution in [0.4, 0.5) is 0 Å². The minimum absolute atomic E-state index is 0.210. The van der Waals surface area contributed by atoms with Crippen molar-refractivity contribution in [1.82, 2.24) is 0 Å².